The minimum Gasteiger partial charge on any atom is -0.486 e. The maximum Gasteiger partial charge on any atom is 0.338 e. The third-order valence-corrected chi connectivity index (χ3v) is 3.02. The molecule has 0 aliphatic rings. The summed E-state index contributed by atoms with van der Waals surface area (Å²) >= 11 is 0. The monoisotopic (exact) mass is 274 g/mol. The maximum absolute atomic E-state index is 10.8. The van der Waals surface area contributed by atoms with Crippen molar-refractivity contribution in [2.75, 3.05) is 0 Å². The van der Waals surface area contributed by atoms with Crippen LogP contribution in [0, 0.1) is 6.92 Å². The first-order valence-electron chi connectivity index (χ1n) is 6.51. The number of ether oxygens (including phenoxy) is 1. The topological polar surface area (TPSA) is 59.7 Å². The fraction of sp³-hybridized carbons (Fsp3) is 0.312. The predicted octanol–water partition coefficient (Wildman–Crippen LogP) is 3.99. The lowest BCUT2D eigenvalue weighted by Crippen LogP contribution is -1.97. The summed E-state index contributed by atoms with van der Waals surface area (Å²) < 4.78 is 10.8. The van der Waals surface area contributed by atoms with Gasteiger partial charge in [-0.1, -0.05) is 19.9 Å². The van der Waals surface area contributed by atoms with Crippen molar-refractivity contribution in [2.45, 2.75) is 33.3 Å². The van der Waals surface area contributed by atoms with E-state index < -0.39 is 5.97 Å². The number of hydrogen-bond acceptors (Lipinski definition) is 3. The van der Waals surface area contributed by atoms with Crippen LogP contribution in [0.4, 0.5) is 0 Å². The lowest BCUT2D eigenvalue weighted by atomic mass is 10.0. The highest BCUT2D eigenvalue weighted by atomic mass is 16.5. The average Bonchev–Trinajstić information content (AvgIpc) is 2.84. The van der Waals surface area contributed by atoms with E-state index in [1.165, 1.54) is 17.9 Å². The molecule has 0 aliphatic carbocycles. The predicted molar refractivity (Wildman–Crippen MR) is 75.3 cm³/mol. The minimum absolute atomic E-state index is 0.135. The third-order valence-electron chi connectivity index (χ3n) is 3.02. The van der Waals surface area contributed by atoms with E-state index in [1.807, 2.05) is 19.1 Å². The van der Waals surface area contributed by atoms with E-state index in [4.69, 9.17) is 14.3 Å². The molecule has 0 spiro atoms. The molecule has 1 aromatic heterocycles. The number of furan rings is 1. The summed E-state index contributed by atoms with van der Waals surface area (Å²) in [6, 6.07) is 7.56. The molecule has 1 N–H and O–H groups in total. The smallest absolute Gasteiger partial charge is 0.338 e. The lowest BCUT2D eigenvalue weighted by Gasteiger charge is -2.11. The first-order chi connectivity index (χ1) is 9.45. The van der Waals surface area contributed by atoms with E-state index in [-0.39, 0.29) is 12.2 Å². The Bertz CT molecular complexity index is 611. The average molecular weight is 274 g/mol. The van der Waals surface area contributed by atoms with Crippen LogP contribution in [0.1, 0.15) is 47.0 Å². The second-order valence-electron chi connectivity index (χ2n) is 5.13. The second-order valence-corrected chi connectivity index (χ2v) is 5.13. The molecule has 4 nitrogen and oxygen atoms in total. The van der Waals surface area contributed by atoms with Crippen LogP contribution in [0.2, 0.25) is 0 Å². The largest absolute Gasteiger partial charge is 0.486 e. The van der Waals surface area contributed by atoms with Gasteiger partial charge in [0.15, 0.2) is 0 Å². The number of aryl methyl sites for hydroxylation is 1. The van der Waals surface area contributed by atoms with Gasteiger partial charge in [0, 0.05) is 0 Å². The number of benzene rings is 1. The molecule has 20 heavy (non-hydrogen) atoms. The molecule has 0 saturated carbocycles. The van der Waals surface area contributed by atoms with Crippen LogP contribution in [-0.2, 0) is 6.61 Å². The quantitative estimate of drug-likeness (QED) is 0.895. The lowest BCUT2D eigenvalue weighted by molar-refractivity contribution is 0.0696. The Morgan fingerprint density at radius 1 is 1.30 bits per heavy atom. The van der Waals surface area contributed by atoms with Crippen LogP contribution in [0.5, 0.6) is 5.75 Å². The molecule has 0 atom stereocenters. The second kappa shape index (κ2) is 5.82. The molecule has 1 heterocycles. The van der Waals surface area contributed by atoms with E-state index in [2.05, 4.69) is 19.9 Å². The molecule has 1 aromatic carbocycles. The first-order valence-corrected chi connectivity index (χ1v) is 6.51. The highest BCUT2D eigenvalue weighted by Gasteiger charge is 2.09. The van der Waals surface area contributed by atoms with Crippen LogP contribution in [-0.4, -0.2) is 11.1 Å². The van der Waals surface area contributed by atoms with Crippen molar-refractivity contribution in [1.82, 2.24) is 0 Å². The van der Waals surface area contributed by atoms with Crippen molar-refractivity contribution in [2.24, 2.45) is 0 Å². The Kier molecular flexibility index (Phi) is 4.13. The summed E-state index contributed by atoms with van der Waals surface area (Å²) in [6.07, 6.45) is 1.22. The van der Waals surface area contributed by atoms with Crippen molar-refractivity contribution in [3.05, 3.63) is 53.0 Å². The van der Waals surface area contributed by atoms with Gasteiger partial charge in [-0.2, -0.15) is 0 Å². The van der Waals surface area contributed by atoms with Gasteiger partial charge in [0.2, 0.25) is 0 Å². The highest BCUT2D eigenvalue weighted by Crippen LogP contribution is 2.23. The standard InChI is InChI=1S/C16H18O4/c1-10(2)12-4-11(3)5-14(6-12)20-9-15-7-13(8-19-15)16(17)18/h4-8,10H,9H2,1-3H3,(H,17,18). The maximum atomic E-state index is 10.8. The van der Waals surface area contributed by atoms with E-state index in [0.717, 1.165) is 11.3 Å². The zero-order valence-electron chi connectivity index (χ0n) is 11.8. The Balaban J connectivity index is 2.08. The van der Waals surface area contributed by atoms with Crippen molar-refractivity contribution >= 4 is 5.97 Å². The fourth-order valence-electron chi connectivity index (χ4n) is 1.92. The van der Waals surface area contributed by atoms with Gasteiger partial charge in [-0.05, 0) is 42.2 Å². The van der Waals surface area contributed by atoms with Crippen LogP contribution in [0.3, 0.4) is 0 Å². The number of hydrogen-bond donors (Lipinski definition) is 1. The third kappa shape index (κ3) is 3.41. The van der Waals surface area contributed by atoms with E-state index >= 15 is 0 Å². The molecule has 0 bridgehead atoms. The van der Waals surface area contributed by atoms with Gasteiger partial charge in [-0.3, -0.25) is 0 Å². The van der Waals surface area contributed by atoms with Gasteiger partial charge in [0.05, 0.1) is 5.56 Å². The zero-order valence-corrected chi connectivity index (χ0v) is 11.8. The van der Waals surface area contributed by atoms with Gasteiger partial charge < -0.3 is 14.3 Å². The number of carbonyl (C=O) groups is 1. The van der Waals surface area contributed by atoms with E-state index in [0.29, 0.717) is 11.7 Å². The fourth-order valence-corrected chi connectivity index (χ4v) is 1.92. The van der Waals surface area contributed by atoms with Gasteiger partial charge in [0.1, 0.15) is 24.4 Å². The molecule has 106 valence electrons. The molecule has 0 saturated heterocycles. The highest BCUT2D eigenvalue weighted by molar-refractivity contribution is 5.87. The van der Waals surface area contributed by atoms with Crippen LogP contribution in [0.15, 0.2) is 34.9 Å². The molecular weight excluding hydrogens is 256 g/mol. The van der Waals surface area contributed by atoms with Crippen LogP contribution < -0.4 is 4.74 Å². The Labute approximate surface area is 118 Å². The molecular formula is C16H18O4. The van der Waals surface area contributed by atoms with Crippen molar-refractivity contribution in [3.8, 4) is 5.75 Å². The summed E-state index contributed by atoms with van der Waals surface area (Å²) in [6.45, 7) is 6.50. The first kappa shape index (κ1) is 14.2. The molecule has 0 fully saturated rings. The van der Waals surface area contributed by atoms with E-state index in [1.54, 1.807) is 0 Å². The van der Waals surface area contributed by atoms with Crippen LogP contribution >= 0.6 is 0 Å². The van der Waals surface area contributed by atoms with Gasteiger partial charge in [-0.15, -0.1) is 0 Å². The van der Waals surface area contributed by atoms with Crippen molar-refractivity contribution in [3.63, 3.8) is 0 Å². The van der Waals surface area contributed by atoms with Crippen molar-refractivity contribution < 1.29 is 19.1 Å². The Hall–Kier alpha value is -2.23. The zero-order chi connectivity index (χ0) is 14.7. The SMILES string of the molecule is Cc1cc(OCc2cc(C(=O)O)co2)cc(C(C)C)c1. The van der Waals surface area contributed by atoms with Gasteiger partial charge >= 0.3 is 5.97 Å². The Morgan fingerprint density at radius 2 is 2.05 bits per heavy atom. The number of aromatic carboxylic acids is 1. The molecule has 0 radical (unpaired) electrons. The summed E-state index contributed by atoms with van der Waals surface area (Å²) in [5.74, 6) is 0.689. The Morgan fingerprint density at radius 3 is 2.65 bits per heavy atom. The van der Waals surface area contributed by atoms with E-state index in [9.17, 15) is 4.79 Å². The molecule has 2 aromatic rings. The molecule has 0 unspecified atom stereocenters. The normalized spacial score (nSPS) is 10.8. The van der Waals surface area contributed by atoms with Gasteiger partial charge in [-0.25, -0.2) is 4.79 Å². The van der Waals surface area contributed by atoms with Crippen molar-refractivity contribution in [1.29, 1.82) is 0 Å². The molecule has 0 aliphatic heterocycles. The molecule has 0 amide bonds. The number of carboxylic acid groups (broad SMARTS) is 1. The molecule has 2 rings (SSSR count). The summed E-state index contributed by atoms with van der Waals surface area (Å²) in [5.41, 5.74) is 2.48. The summed E-state index contributed by atoms with van der Waals surface area (Å²) in [4.78, 5) is 10.8. The number of rotatable bonds is 5. The van der Waals surface area contributed by atoms with Gasteiger partial charge in [0.25, 0.3) is 0 Å². The number of carboxylic acids is 1. The minimum atomic E-state index is -1.00. The molecule has 4 heteroatoms. The summed E-state index contributed by atoms with van der Waals surface area (Å²) in [7, 11) is 0. The summed E-state index contributed by atoms with van der Waals surface area (Å²) in [5, 5.41) is 8.82. The van der Waals surface area contributed by atoms with Crippen LogP contribution in [0.25, 0.3) is 0 Å².